The van der Waals surface area contributed by atoms with Crippen LogP contribution in [-0.4, -0.2) is 72.8 Å². The Labute approximate surface area is 208 Å². The van der Waals surface area contributed by atoms with E-state index in [-0.39, 0.29) is 21.7 Å². The van der Waals surface area contributed by atoms with E-state index in [2.05, 4.69) is 20.6 Å². The minimum atomic E-state index is -4.30. The number of nitrogen functional groups attached to an aromatic ring is 1. The first-order valence-corrected chi connectivity index (χ1v) is 11.9. The van der Waals surface area contributed by atoms with E-state index in [0.717, 1.165) is 29.7 Å². The van der Waals surface area contributed by atoms with Gasteiger partial charge in [0.05, 0.1) is 12.1 Å². The highest BCUT2D eigenvalue weighted by molar-refractivity contribution is 7.19. The Kier molecular flexibility index (Phi) is 8.95. The van der Waals surface area contributed by atoms with Crippen LogP contribution in [0.15, 0.2) is 23.2 Å². The number of hydrogen-bond acceptors (Lipinski definition) is 7. The number of aliphatic imine (C=N–C) groups is 1. The van der Waals surface area contributed by atoms with Crippen molar-refractivity contribution < 1.29 is 26.7 Å². The van der Waals surface area contributed by atoms with Crippen LogP contribution in [-0.2, 0) is 0 Å². The molecule has 2 atom stereocenters. The molecule has 0 aliphatic carbocycles. The summed E-state index contributed by atoms with van der Waals surface area (Å²) in [5.74, 6) is -2.11. The highest BCUT2D eigenvalue weighted by atomic mass is 32.1. The molecule has 1 aliphatic heterocycles. The molecule has 2 aromatic rings. The van der Waals surface area contributed by atoms with Gasteiger partial charge < -0.3 is 26.7 Å². The van der Waals surface area contributed by atoms with Crippen LogP contribution in [0.25, 0.3) is 10.6 Å². The third kappa shape index (κ3) is 6.75. The summed E-state index contributed by atoms with van der Waals surface area (Å²) in [6.45, 7) is -0.218. The summed E-state index contributed by atoms with van der Waals surface area (Å²) in [6.07, 6.45) is -1.79. The number of hydrogen-bond donors (Lipinski definition) is 4. The Morgan fingerprint density at radius 2 is 2.03 bits per heavy atom. The molecule has 1 aliphatic rings. The largest absolute Gasteiger partial charge is 0.401 e. The van der Waals surface area contributed by atoms with Gasteiger partial charge in [-0.2, -0.15) is 13.2 Å². The first-order valence-electron chi connectivity index (χ1n) is 11.1. The Morgan fingerprint density at radius 1 is 1.33 bits per heavy atom. The van der Waals surface area contributed by atoms with Gasteiger partial charge in [-0.15, -0.1) is 0 Å². The van der Waals surface area contributed by atoms with Gasteiger partial charge in [-0.1, -0.05) is 17.4 Å². The highest BCUT2D eigenvalue weighted by Gasteiger charge is 2.30. The summed E-state index contributed by atoms with van der Waals surface area (Å²) < 4.78 is 65.9. The smallest absolute Gasteiger partial charge is 0.389 e. The van der Waals surface area contributed by atoms with Gasteiger partial charge in [0.1, 0.15) is 33.5 Å². The van der Waals surface area contributed by atoms with Gasteiger partial charge in [-0.05, 0) is 31.4 Å². The van der Waals surface area contributed by atoms with E-state index < -0.39 is 41.9 Å². The predicted octanol–water partition coefficient (Wildman–Crippen LogP) is 3.45. The van der Waals surface area contributed by atoms with Crippen LogP contribution >= 0.6 is 11.3 Å². The Morgan fingerprint density at radius 3 is 2.64 bits per heavy atom. The SMILES string of the molecule is CN=C(C(C=N)NC(=O)c1nc(-c2c(F)cccc2F)sc1N)N1CCCC(NCC(F)(F)F)CC1. The van der Waals surface area contributed by atoms with Crippen LogP contribution in [0.2, 0.25) is 0 Å². The Bertz CT molecular complexity index is 1100. The van der Waals surface area contributed by atoms with Crippen molar-refractivity contribution in [2.24, 2.45) is 4.99 Å². The summed E-state index contributed by atoms with van der Waals surface area (Å²) in [5, 5.41) is 12.8. The van der Waals surface area contributed by atoms with Crippen LogP contribution in [0.5, 0.6) is 0 Å². The Hall–Kier alpha value is -3.13. The van der Waals surface area contributed by atoms with E-state index in [0.29, 0.717) is 38.2 Å². The molecule has 2 unspecified atom stereocenters. The van der Waals surface area contributed by atoms with Gasteiger partial charge in [-0.3, -0.25) is 9.79 Å². The van der Waals surface area contributed by atoms with Crippen molar-refractivity contribution in [1.29, 1.82) is 5.41 Å². The average Bonchev–Trinajstić information content (AvgIpc) is 3.04. The van der Waals surface area contributed by atoms with Crippen molar-refractivity contribution in [3.05, 3.63) is 35.5 Å². The molecule has 0 saturated carbocycles. The van der Waals surface area contributed by atoms with Crippen molar-refractivity contribution >= 4 is 34.3 Å². The van der Waals surface area contributed by atoms with Crippen molar-refractivity contribution in [2.45, 2.75) is 37.5 Å². The molecule has 1 saturated heterocycles. The predicted molar refractivity (Wildman–Crippen MR) is 129 cm³/mol. The summed E-state index contributed by atoms with van der Waals surface area (Å²) in [5.41, 5.74) is 5.27. The number of aromatic nitrogens is 1. The average molecular weight is 532 g/mol. The first-order chi connectivity index (χ1) is 17.0. The van der Waals surface area contributed by atoms with Crippen molar-refractivity contribution in [1.82, 2.24) is 20.5 Å². The number of anilines is 1. The zero-order valence-electron chi connectivity index (χ0n) is 19.3. The number of nitrogens with one attached hydrogen (secondary N) is 3. The van der Waals surface area contributed by atoms with Gasteiger partial charge >= 0.3 is 6.18 Å². The first kappa shape index (κ1) is 27.5. The van der Waals surface area contributed by atoms with E-state index in [1.165, 1.54) is 13.1 Å². The molecule has 196 valence electrons. The quantitative estimate of drug-likeness (QED) is 0.248. The second kappa shape index (κ2) is 11.7. The van der Waals surface area contributed by atoms with Crippen LogP contribution in [0.3, 0.4) is 0 Å². The van der Waals surface area contributed by atoms with E-state index in [4.69, 9.17) is 11.1 Å². The fraction of sp³-hybridized carbons (Fsp3) is 0.455. The third-order valence-corrected chi connectivity index (χ3v) is 6.55. The number of benzene rings is 1. The fourth-order valence-corrected chi connectivity index (χ4v) is 4.84. The maximum atomic E-state index is 14.1. The number of amidine groups is 1. The number of likely N-dealkylation sites (tertiary alicyclic amines) is 1. The number of carbonyl (C=O) groups excluding carboxylic acids is 1. The molecule has 1 amide bonds. The molecule has 3 rings (SSSR count). The second-order valence-corrected chi connectivity index (χ2v) is 9.17. The lowest BCUT2D eigenvalue weighted by molar-refractivity contribution is -0.126. The summed E-state index contributed by atoms with van der Waals surface area (Å²) in [4.78, 5) is 23.0. The molecule has 14 heteroatoms. The van der Waals surface area contributed by atoms with Crippen LogP contribution in [0, 0.1) is 17.0 Å². The molecule has 0 spiro atoms. The summed E-state index contributed by atoms with van der Waals surface area (Å²) in [6, 6.07) is 2.03. The topological polar surface area (TPSA) is 119 Å². The van der Waals surface area contributed by atoms with Crippen LogP contribution < -0.4 is 16.4 Å². The van der Waals surface area contributed by atoms with Gasteiger partial charge in [0.2, 0.25) is 0 Å². The number of thiazole rings is 1. The number of nitrogens with two attached hydrogens (primary N) is 1. The molecule has 1 aromatic heterocycles. The maximum absolute atomic E-state index is 14.1. The van der Waals surface area contributed by atoms with E-state index in [1.807, 2.05) is 4.90 Å². The van der Waals surface area contributed by atoms with Gasteiger partial charge in [-0.25, -0.2) is 13.8 Å². The van der Waals surface area contributed by atoms with E-state index in [9.17, 15) is 26.7 Å². The standard InChI is InChI=1S/C22H26F5N7OS/c1-30-19(34-8-3-4-12(7-9-34)31-11-22(25,26)27)15(10-28)32-20(35)17-18(29)36-21(33-17)16-13(23)5-2-6-14(16)24/h2,5-6,10,12,15,28,31H,3-4,7-9,11,29H2,1H3,(H,32,35). The minimum Gasteiger partial charge on any atom is -0.389 e. The van der Waals surface area contributed by atoms with Gasteiger partial charge in [0.15, 0.2) is 5.69 Å². The molecular weight excluding hydrogens is 505 g/mol. The minimum absolute atomic E-state index is 0.0581. The van der Waals surface area contributed by atoms with Crippen molar-refractivity contribution in [3.8, 4) is 10.6 Å². The molecule has 36 heavy (non-hydrogen) atoms. The molecular formula is C22H26F5N7OS. The number of amides is 1. The van der Waals surface area contributed by atoms with E-state index >= 15 is 0 Å². The zero-order chi connectivity index (χ0) is 26.5. The number of rotatable bonds is 7. The van der Waals surface area contributed by atoms with Crippen molar-refractivity contribution in [3.63, 3.8) is 0 Å². The summed E-state index contributed by atoms with van der Waals surface area (Å²) in [7, 11) is 1.48. The molecule has 0 bridgehead atoms. The highest BCUT2D eigenvalue weighted by Crippen LogP contribution is 2.33. The number of halogens is 5. The van der Waals surface area contributed by atoms with Gasteiger partial charge in [0, 0.05) is 32.4 Å². The van der Waals surface area contributed by atoms with Crippen LogP contribution in [0.4, 0.5) is 27.0 Å². The number of alkyl halides is 3. The molecule has 8 nitrogen and oxygen atoms in total. The normalized spacial score (nSPS) is 18.0. The lowest BCUT2D eigenvalue weighted by atomic mass is 10.1. The van der Waals surface area contributed by atoms with Gasteiger partial charge in [0.25, 0.3) is 5.91 Å². The number of nitrogens with zero attached hydrogens (tertiary/aromatic N) is 3. The molecule has 1 fully saturated rings. The fourth-order valence-electron chi connectivity index (χ4n) is 3.96. The maximum Gasteiger partial charge on any atom is 0.401 e. The zero-order valence-corrected chi connectivity index (χ0v) is 20.1. The van der Waals surface area contributed by atoms with E-state index in [1.54, 1.807) is 0 Å². The number of carbonyl (C=O) groups is 1. The Balaban J connectivity index is 1.71. The van der Waals surface area contributed by atoms with Crippen molar-refractivity contribution in [2.75, 3.05) is 32.4 Å². The second-order valence-electron chi connectivity index (χ2n) is 8.14. The monoisotopic (exact) mass is 531 g/mol. The lowest BCUT2D eigenvalue weighted by Crippen LogP contribution is -2.50. The molecule has 1 aromatic carbocycles. The molecule has 0 radical (unpaired) electrons. The van der Waals surface area contributed by atoms with Crippen LogP contribution in [0.1, 0.15) is 29.8 Å². The third-order valence-electron chi connectivity index (χ3n) is 5.65. The molecule has 5 N–H and O–H groups in total. The summed E-state index contributed by atoms with van der Waals surface area (Å²) >= 11 is 0.751. The molecule has 2 heterocycles. The lowest BCUT2D eigenvalue weighted by Gasteiger charge is -2.28.